The van der Waals surface area contributed by atoms with Crippen molar-refractivity contribution in [1.29, 1.82) is 0 Å². The van der Waals surface area contributed by atoms with Crippen molar-refractivity contribution in [3.8, 4) is 0 Å². The van der Waals surface area contributed by atoms with E-state index in [9.17, 15) is 0 Å². The van der Waals surface area contributed by atoms with E-state index in [2.05, 4.69) is 15.2 Å². The minimum Gasteiger partial charge on any atom is -0.388 e. The summed E-state index contributed by atoms with van der Waals surface area (Å²) in [6.45, 7) is 2.35. The number of rotatable bonds is 2. The van der Waals surface area contributed by atoms with Crippen LogP contribution < -0.4 is 5.73 Å². The highest BCUT2D eigenvalue weighted by Crippen LogP contribution is 1.92. The molecule has 0 amide bonds. The lowest BCUT2D eigenvalue weighted by Gasteiger charge is -1.89. The summed E-state index contributed by atoms with van der Waals surface area (Å²) < 4.78 is 0. The van der Waals surface area contributed by atoms with E-state index >= 15 is 0 Å². The molecule has 0 bridgehead atoms. The molecule has 0 spiro atoms. The van der Waals surface area contributed by atoms with E-state index in [1.54, 1.807) is 13.1 Å². The Kier molecular flexibility index (Phi) is 2.04. The van der Waals surface area contributed by atoms with Crippen LogP contribution in [0.2, 0.25) is 0 Å². The first kappa shape index (κ1) is 6.80. The minimum absolute atomic E-state index is 0.586. The van der Waals surface area contributed by atoms with E-state index in [-0.39, 0.29) is 0 Å². The topological polar surface area (TPSA) is 67.1 Å². The lowest BCUT2D eigenvalue weighted by molar-refractivity contribution is 0.944. The highest BCUT2D eigenvalue weighted by molar-refractivity contribution is 5.77. The van der Waals surface area contributed by atoms with Crippen LogP contribution in [0.1, 0.15) is 12.6 Å². The molecule has 0 aromatic carbocycles. The molecule has 0 atom stereocenters. The van der Waals surface area contributed by atoms with E-state index in [0.29, 0.717) is 12.4 Å². The average Bonchev–Trinajstić information content (AvgIpc) is 2.34. The highest BCUT2D eigenvalue weighted by atomic mass is 15.1. The van der Waals surface area contributed by atoms with Gasteiger partial charge in [-0.25, -0.2) is 0 Å². The van der Waals surface area contributed by atoms with E-state index < -0.39 is 0 Å². The molecule has 54 valence electrons. The number of nitrogens with one attached hydrogen (secondary N) is 1. The van der Waals surface area contributed by atoms with Crippen molar-refractivity contribution < 1.29 is 0 Å². The van der Waals surface area contributed by atoms with Crippen molar-refractivity contribution in [1.82, 2.24) is 10.2 Å². The summed E-state index contributed by atoms with van der Waals surface area (Å²) in [6.07, 6.45) is 1.69. The summed E-state index contributed by atoms with van der Waals surface area (Å²) in [5, 5.41) is 6.54. The molecule has 0 aliphatic heterocycles. The van der Waals surface area contributed by atoms with Gasteiger partial charge in [0.25, 0.3) is 0 Å². The van der Waals surface area contributed by atoms with Crippen LogP contribution in [0.5, 0.6) is 0 Å². The average molecular weight is 138 g/mol. The number of aromatic amines is 1. The third kappa shape index (κ3) is 1.89. The Hall–Kier alpha value is -1.32. The van der Waals surface area contributed by atoms with E-state index in [4.69, 9.17) is 5.73 Å². The third-order valence-electron chi connectivity index (χ3n) is 1.06. The molecule has 1 rings (SSSR count). The van der Waals surface area contributed by atoms with Crippen molar-refractivity contribution >= 4 is 5.84 Å². The number of nitrogens with two attached hydrogens (primary N) is 1. The lowest BCUT2D eigenvalue weighted by Crippen LogP contribution is -2.05. The molecule has 1 aromatic heterocycles. The maximum absolute atomic E-state index is 5.32. The van der Waals surface area contributed by atoms with Crippen LogP contribution >= 0.6 is 0 Å². The maximum Gasteiger partial charge on any atom is 0.0910 e. The van der Waals surface area contributed by atoms with E-state index in [1.165, 1.54) is 0 Å². The van der Waals surface area contributed by atoms with Crippen molar-refractivity contribution in [2.24, 2.45) is 10.7 Å². The molecule has 0 aliphatic carbocycles. The molecule has 0 unspecified atom stereocenters. The number of H-pyrrole nitrogens is 1. The molecule has 0 saturated carbocycles. The molecular formula is C6H10N4. The molecule has 0 saturated heterocycles. The number of aromatic nitrogens is 2. The first-order chi connectivity index (χ1) is 4.79. The first-order valence-corrected chi connectivity index (χ1v) is 3.04. The van der Waals surface area contributed by atoms with Gasteiger partial charge in [0.05, 0.1) is 18.1 Å². The number of nitrogens with zero attached hydrogens (tertiary/aromatic N) is 2. The van der Waals surface area contributed by atoms with Crippen molar-refractivity contribution in [3.63, 3.8) is 0 Å². The zero-order valence-electron chi connectivity index (χ0n) is 5.83. The van der Waals surface area contributed by atoms with Gasteiger partial charge in [-0.05, 0) is 13.0 Å². The Morgan fingerprint density at radius 2 is 2.70 bits per heavy atom. The Morgan fingerprint density at radius 1 is 1.90 bits per heavy atom. The summed E-state index contributed by atoms with van der Waals surface area (Å²) in [5.74, 6) is 0.592. The predicted molar refractivity (Wildman–Crippen MR) is 39.6 cm³/mol. The molecule has 1 heterocycles. The van der Waals surface area contributed by atoms with Gasteiger partial charge in [0, 0.05) is 6.20 Å². The predicted octanol–water partition coefficient (Wildman–Crippen LogP) is 0.287. The van der Waals surface area contributed by atoms with Gasteiger partial charge >= 0.3 is 0 Å². The molecule has 4 heteroatoms. The molecule has 0 radical (unpaired) electrons. The first-order valence-electron chi connectivity index (χ1n) is 3.04. The maximum atomic E-state index is 5.32. The Bertz CT molecular complexity index is 208. The summed E-state index contributed by atoms with van der Waals surface area (Å²) in [4.78, 5) is 3.99. The second-order valence-electron chi connectivity index (χ2n) is 2.04. The summed E-state index contributed by atoms with van der Waals surface area (Å²) >= 11 is 0. The second kappa shape index (κ2) is 3.00. The quantitative estimate of drug-likeness (QED) is 0.455. The van der Waals surface area contributed by atoms with Crippen LogP contribution in [-0.4, -0.2) is 16.0 Å². The van der Waals surface area contributed by atoms with Gasteiger partial charge in [0.15, 0.2) is 0 Å². The van der Waals surface area contributed by atoms with Gasteiger partial charge in [0.2, 0.25) is 0 Å². The largest absolute Gasteiger partial charge is 0.388 e. The number of aliphatic imine (C=N–C) groups is 1. The van der Waals surface area contributed by atoms with Crippen molar-refractivity contribution in [2.45, 2.75) is 13.5 Å². The van der Waals surface area contributed by atoms with Gasteiger partial charge < -0.3 is 5.73 Å². The molecule has 4 nitrogen and oxygen atoms in total. The fourth-order valence-corrected chi connectivity index (χ4v) is 0.583. The fourth-order valence-electron chi connectivity index (χ4n) is 0.583. The normalized spacial score (nSPS) is 11.9. The molecule has 0 fully saturated rings. The SMILES string of the molecule is CC(N)=NCc1ccn[nH]1. The number of hydrogen-bond donors (Lipinski definition) is 2. The third-order valence-corrected chi connectivity index (χ3v) is 1.06. The van der Waals surface area contributed by atoms with Gasteiger partial charge in [-0.15, -0.1) is 0 Å². The number of amidine groups is 1. The van der Waals surface area contributed by atoms with Crippen LogP contribution in [0.15, 0.2) is 17.3 Å². The van der Waals surface area contributed by atoms with Gasteiger partial charge in [0.1, 0.15) is 0 Å². The van der Waals surface area contributed by atoms with Crippen LogP contribution in [-0.2, 0) is 6.54 Å². The highest BCUT2D eigenvalue weighted by Gasteiger charge is 1.88. The Balaban J connectivity index is 2.49. The standard InChI is InChI=1S/C6H10N4/c1-5(7)8-4-6-2-3-9-10-6/h2-3H,4H2,1H3,(H2,7,8)(H,9,10). The summed E-state index contributed by atoms with van der Waals surface area (Å²) in [7, 11) is 0. The van der Waals surface area contributed by atoms with Crippen LogP contribution in [0.25, 0.3) is 0 Å². The van der Waals surface area contributed by atoms with Crippen LogP contribution in [0.4, 0.5) is 0 Å². The zero-order chi connectivity index (χ0) is 7.40. The van der Waals surface area contributed by atoms with Crippen molar-refractivity contribution in [2.75, 3.05) is 0 Å². The molecule has 1 aromatic rings. The minimum atomic E-state index is 0.586. The van der Waals surface area contributed by atoms with Gasteiger partial charge in [-0.3, -0.25) is 10.1 Å². The van der Waals surface area contributed by atoms with Crippen LogP contribution in [0.3, 0.4) is 0 Å². The monoisotopic (exact) mass is 138 g/mol. The van der Waals surface area contributed by atoms with Crippen molar-refractivity contribution in [3.05, 3.63) is 18.0 Å². The molecule has 0 aliphatic rings. The second-order valence-corrected chi connectivity index (χ2v) is 2.04. The number of hydrogen-bond acceptors (Lipinski definition) is 2. The van der Waals surface area contributed by atoms with Gasteiger partial charge in [-0.1, -0.05) is 0 Å². The van der Waals surface area contributed by atoms with Crippen LogP contribution in [0, 0.1) is 0 Å². The Labute approximate surface area is 59.2 Å². The molecule has 3 N–H and O–H groups in total. The van der Waals surface area contributed by atoms with E-state index in [0.717, 1.165) is 5.69 Å². The summed E-state index contributed by atoms with van der Waals surface area (Å²) in [6, 6.07) is 1.87. The molecule has 10 heavy (non-hydrogen) atoms. The fraction of sp³-hybridized carbons (Fsp3) is 0.333. The zero-order valence-corrected chi connectivity index (χ0v) is 5.83. The lowest BCUT2D eigenvalue weighted by atomic mass is 10.4. The Morgan fingerprint density at radius 3 is 3.20 bits per heavy atom. The molecular weight excluding hydrogens is 128 g/mol. The van der Waals surface area contributed by atoms with E-state index in [1.807, 2.05) is 6.07 Å². The van der Waals surface area contributed by atoms with Gasteiger partial charge in [-0.2, -0.15) is 5.10 Å². The summed E-state index contributed by atoms with van der Waals surface area (Å²) in [5.41, 5.74) is 6.30. The smallest absolute Gasteiger partial charge is 0.0910 e.